The van der Waals surface area contributed by atoms with Crippen LogP contribution in [0, 0.1) is 12.3 Å². The van der Waals surface area contributed by atoms with Crippen LogP contribution in [0.5, 0.6) is 0 Å². The van der Waals surface area contributed by atoms with Crippen LogP contribution < -0.4 is 5.32 Å². The molecule has 1 aliphatic rings. The van der Waals surface area contributed by atoms with Gasteiger partial charge in [0.05, 0.1) is 17.7 Å². The number of carbonyl (C=O) groups is 1. The van der Waals surface area contributed by atoms with E-state index in [2.05, 4.69) is 17.2 Å². The van der Waals surface area contributed by atoms with E-state index in [1.165, 1.54) is 4.88 Å². The average molecular weight is 267 g/mol. The molecular weight excluding hydrogens is 246 g/mol. The first-order valence-corrected chi connectivity index (χ1v) is 7.26. The summed E-state index contributed by atoms with van der Waals surface area (Å²) in [6.45, 7) is 6.65. The van der Waals surface area contributed by atoms with Crippen molar-refractivity contribution in [3.8, 4) is 0 Å². The van der Waals surface area contributed by atoms with E-state index in [1.807, 2.05) is 24.4 Å². The third kappa shape index (κ3) is 2.72. The van der Waals surface area contributed by atoms with Crippen molar-refractivity contribution in [3.63, 3.8) is 0 Å². The second-order valence-corrected chi connectivity index (χ2v) is 6.27. The number of piperidine rings is 1. The second-order valence-electron chi connectivity index (χ2n) is 5.33. The van der Waals surface area contributed by atoms with E-state index in [0.29, 0.717) is 6.54 Å². The summed E-state index contributed by atoms with van der Waals surface area (Å²) in [6.07, 6.45) is 1.86. The third-order valence-electron chi connectivity index (χ3n) is 3.80. The molecule has 100 valence electrons. The minimum Gasteiger partial charge on any atom is -0.340 e. The maximum atomic E-state index is 12.5. The number of aromatic nitrogens is 1. The van der Waals surface area contributed by atoms with Gasteiger partial charge in [0.2, 0.25) is 5.91 Å². The fourth-order valence-corrected chi connectivity index (χ4v) is 3.25. The van der Waals surface area contributed by atoms with Gasteiger partial charge in [-0.05, 0) is 32.9 Å². The first kappa shape index (κ1) is 13.5. The number of aryl methyl sites for hydroxylation is 1. The van der Waals surface area contributed by atoms with Gasteiger partial charge in [-0.2, -0.15) is 0 Å². The molecule has 1 fully saturated rings. The Balaban J connectivity index is 2.02. The molecule has 5 heteroatoms. The summed E-state index contributed by atoms with van der Waals surface area (Å²) in [4.78, 5) is 19.8. The Morgan fingerprint density at radius 2 is 2.22 bits per heavy atom. The number of hydrogen-bond acceptors (Lipinski definition) is 4. The van der Waals surface area contributed by atoms with Gasteiger partial charge >= 0.3 is 0 Å². The molecule has 0 bridgehead atoms. The van der Waals surface area contributed by atoms with Crippen molar-refractivity contribution in [1.82, 2.24) is 15.2 Å². The highest BCUT2D eigenvalue weighted by atomic mass is 32.1. The summed E-state index contributed by atoms with van der Waals surface area (Å²) >= 11 is 1.62. The summed E-state index contributed by atoms with van der Waals surface area (Å²) in [5, 5.41) is 3.31. The minimum atomic E-state index is -0.196. The van der Waals surface area contributed by atoms with E-state index >= 15 is 0 Å². The average Bonchev–Trinajstić information content (AvgIpc) is 2.75. The number of hydrogen-bond donors (Lipinski definition) is 1. The number of nitrogens with one attached hydrogen (secondary N) is 1. The van der Waals surface area contributed by atoms with Crippen molar-refractivity contribution in [2.75, 3.05) is 20.1 Å². The van der Waals surface area contributed by atoms with Crippen LogP contribution in [0.1, 0.15) is 30.3 Å². The largest absolute Gasteiger partial charge is 0.340 e. The van der Waals surface area contributed by atoms with Gasteiger partial charge in [-0.3, -0.25) is 4.79 Å². The maximum absolute atomic E-state index is 12.5. The normalized spacial score (nSPS) is 18.6. The molecule has 1 aliphatic heterocycles. The Kier molecular flexibility index (Phi) is 4.02. The lowest BCUT2D eigenvalue weighted by molar-refractivity contribution is -0.141. The van der Waals surface area contributed by atoms with Gasteiger partial charge in [0.15, 0.2) is 0 Å². The molecule has 2 rings (SSSR count). The van der Waals surface area contributed by atoms with E-state index < -0.39 is 0 Å². The lowest BCUT2D eigenvalue weighted by Gasteiger charge is -2.35. The van der Waals surface area contributed by atoms with Crippen molar-refractivity contribution in [3.05, 3.63) is 16.1 Å². The van der Waals surface area contributed by atoms with Crippen LogP contribution in [0.2, 0.25) is 0 Å². The highest BCUT2D eigenvalue weighted by molar-refractivity contribution is 7.09. The van der Waals surface area contributed by atoms with Crippen LogP contribution in [-0.2, 0) is 11.3 Å². The molecule has 1 amide bonds. The summed E-state index contributed by atoms with van der Waals surface area (Å²) in [6, 6.07) is 0. The highest BCUT2D eigenvalue weighted by Crippen LogP contribution is 2.30. The number of rotatable bonds is 3. The van der Waals surface area contributed by atoms with Gasteiger partial charge < -0.3 is 10.2 Å². The molecule has 2 heterocycles. The Morgan fingerprint density at radius 1 is 1.56 bits per heavy atom. The van der Waals surface area contributed by atoms with E-state index in [-0.39, 0.29) is 11.3 Å². The molecule has 0 aromatic carbocycles. The molecule has 18 heavy (non-hydrogen) atoms. The maximum Gasteiger partial charge on any atom is 0.228 e. The van der Waals surface area contributed by atoms with Gasteiger partial charge in [-0.1, -0.05) is 6.92 Å². The van der Waals surface area contributed by atoms with Gasteiger partial charge in [0.25, 0.3) is 0 Å². The summed E-state index contributed by atoms with van der Waals surface area (Å²) < 4.78 is 0. The van der Waals surface area contributed by atoms with Crippen molar-refractivity contribution < 1.29 is 4.79 Å². The van der Waals surface area contributed by atoms with Gasteiger partial charge in [-0.25, -0.2) is 4.98 Å². The van der Waals surface area contributed by atoms with Crippen LogP contribution >= 0.6 is 11.3 Å². The Hall–Kier alpha value is -0.940. The molecule has 1 saturated heterocycles. The lowest BCUT2D eigenvalue weighted by Crippen LogP contribution is -2.46. The Morgan fingerprint density at radius 3 is 2.78 bits per heavy atom. The van der Waals surface area contributed by atoms with Crippen LogP contribution in [0.4, 0.5) is 0 Å². The van der Waals surface area contributed by atoms with E-state index in [1.54, 1.807) is 11.3 Å². The van der Waals surface area contributed by atoms with Crippen molar-refractivity contribution in [2.24, 2.45) is 5.41 Å². The van der Waals surface area contributed by atoms with Gasteiger partial charge in [-0.15, -0.1) is 11.3 Å². The Labute approximate surface area is 112 Å². The standard InChI is InChI=1S/C13H21N3OS/c1-10-11(18-9-15-10)8-16(3)12(17)13(2)4-6-14-7-5-13/h9,14H,4-8H2,1-3H3. The van der Waals surface area contributed by atoms with E-state index in [9.17, 15) is 4.79 Å². The predicted octanol–water partition coefficient (Wildman–Crippen LogP) is 1.80. The molecule has 1 aromatic rings. The molecule has 0 atom stereocenters. The molecule has 0 unspecified atom stereocenters. The smallest absolute Gasteiger partial charge is 0.228 e. The second kappa shape index (κ2) is 5.36. The lowest BCUT2D eigenvalue weighted by atomic mass is 9.80. The zero-order chi connectivity index (χ0) is 13.2. The minimum absolute atomic E-state index is 0.196. The van der Waals surface area contributed by atoms with E-state index in [0.717, 1.165) is 31.6 Å². The summed E-state index contributed by atoms with van der Waals surface area (Å²) in [7, 11) is 1.90. The topological polar surface area (TPSA) is 45.2 Å². The molecule has 1 N–H and O–H groups in total. The van der Waals surface area contributed by atoms with Crippen molar-refractivity contribution in [2.45, 2.75) is 33.2 Å². The van der Waals surface area contributed by atoms with Crippen LogP contribution in [0.15, 0.2) is 5.51 Å². The van der Waals surface area contributed by atoms with Crippen LogP contribution in [0.25, 0.3) is 0 Å². The van der Waals surface area contributed by atoms with Gasteiger partial charge in [0, 0.05) is 17.3 Å². The molecular formula is C13H21N3OS. The first-order valence-electron chi connectivity index (χ1n) is 6.38. The highest BCUT2D eigenvalue weighted by Gasteiger charge is 2.36. The fourth-order valence-electron chi connectivity index (χ4n) is 2.42. The van der Waals surface area contributed by atoms with Crippen LogP contribution in [-0.4, -0.2) is 35.9 Å². The Bertz CT molecular complexity index is 424. The predicted molar refractivity (Wildman–Crippen MR) is 73.5 cm³/mol. The summed E-state index contributed by atoms with van der Waals surface area (Å²) in [5.74, 6) is 0.261. The molecule has 0 spiro atoms. The van der Waals surface area contributed by atoms with E-state index in [4.69, 9.17) is 0 Å². The zero-order valence-electron chi connectivity index (χ0n) is 11.3. The quantitative estimate of drug-likeness (QED) is 0.908. The molecule has 1 aromatic heterocycles. The fraction of sp³-hybridized carbons (Fsp3) is 0.692. The monoisotopic (exact) mass is 267 g/mol. The molecule has 4 nitrogen and oxygen atoms in total. The number of thiazole rings is 1. The number of nitrogens with zero attached hydrogens (tertiary/aromatic N) is 2. The number of amides is 1. The molecule has 0 radical (unpaired) electrons. The third-order valence-corrected chi connectivity index (χ3v) is 4.72. The van der Waals surface area contributed by atoms with Crippen molar-refractivity contribution >= 4 is 17.2 Å². The molecule has 0 saturated carbocycles. The summed E-state index contributed by atoms with van der Waals surface area (Å²) in [5.41, 5.74) is 2.68. The zero-order valence-corrected chi connectivity index (χ0v) is 12.1. The SMILES string of the molecule is Cc1ncsc1CN(C)C(=O)C1(C)CCNCC1. The van der Waals surface area contributed by atoms with Crippen molar-refractivity contribution in [1.29, 1.82) is 0 Å². The first-order chi connectivity index (χ1) is 8.53. The molecule has 0 aliphatic carbocycles. The van der Waals surface area contributed by atoms with Gasteiger partial charge in [0.1, 0.15) is 0 Å². The van der Waals surface area contributed by atoms with Crippen LogP contribution in [0.3, 0.4) is 0 Å². The number of carbonyl (C=O) groups excluding carboxylic acids is 1.